The molecule has 1 amide bonds. The molecule has 1 N–H and O–H groups in total. The van der Waals surface area contributed by atoms with Crippen LogP contribution >= 0.6 is 0 Å². The highest BCUT2D eigenvalue weighted by Gasteiger charge is 2.25. The molecule has 0 aliphatic heterocycles. The molecule has 2 aromatic heterocycles. The van der Waals surface area contributed by atoms with Crippen LogP contribution in [-0.4, -0.2) is 27.8 Å². The average Bonchev–Trinajstić information content (AvgIpc) is 2.88. The largest absolute Gasteiger partial charge is 0.465 e. The predicted molar refractivity (Wildman–Crippen MR) is 89.1 cm³/mol. The quantitative estimate of drug-likeness (QED) is 0.869. The number of nitrogens with zero attached hydrogens (tertiary/aromatic N) is 2. The molecule has 0 aliphatic carbocycles. The molecular formula is C17H23N3O4. The first-order valence-electron chi connectivity index (χ1n) is 7.72. The van der Waals surface area contributed by atoms with E-state index in [-0.39, 0.29) is 0 Å². The molecule has 1 unspecified atom stereocenters. The highest BCUT2D eigenvalue weighted by atomic mass is 16.5. The Morgan fingerprint density at radius 2 is 1.79 bits per heavy atom. The van der Waals surface area contributed by atoms with E-state index in [4.69, 9.17) is 9.15 Å². The smallest absolute Gasteiger partial charge is 0.342 e. The van der Waals surface area contributed by atoms with Gasteiger partial charge in [0, 0.05) is 12.6 Å². The van der Waals surface area contributed by atoms with Crippen molar-refractivity contribution in [1.29, 1.82) is 0 Å². The van der Waals surface area contributed by atoms with Gasteiger partial charge in [-0.05, 0) is 41.5 Å². The van der Waals surface area contributed by atoms with Crippen molar-refractivity contribution >= 4 is 17.6 Å². The molecule has 0 radical (unpaired) electrons. The maximum Gasteiger partial charge on any atom is 0.342 e. The number of esters is 1. The van der Waals surface area contributed by atoms with Crippen molar-refractivity contribution in [2.75, 3.05) is 5.32 Å². The number of ether oxygens (including phenoxy) is 1. The summed E-state index contributed by atoms with van der Waals surface area (Å²) < 4.78 is 12.4. The van der Waals surface area contributed by atoms with E-state index in [2.05, 4.69) is 10.4 Å². The van der Waals surface area contributed by atoms with Crippen LogP contribution in [0.3, 0.4) is 0 Å². The molecule has 0 saturated carbocycles. The summed E-state index contributed by atoms with van der Waals surface area (Å²) in [5.74, 6) is 0.182. The number of furan rings is 1. The average molecular weight is 333 g/mol. The van der Waals surface area contributed by atoms with E-state index in [1.54, 1.807) is 39.4 Å². The lowest BCUT2D eigenvalue weighted by molar-refractivity contribution is -0.123. The van der Waals surface area contributed by atoms with Gasteiger partial charge in [0.2, 0.25) is 0 Å². The zero-order valence-corrected chi connectivity index (χ0v) is 15.1. The molecule has 1 atom stereocenters. The highest BCUT2D eigenvalue weighted by Crippen LogP contribution is 2.23. The molecular weight excluding hydrogens is 310 g/mol. The summed E-state index contributed by atoms with van der Waals surface area (Å²) in [5.41, 5.74) is 3.28. The van der Waals surface area contributed by atoms with Crippen LogP contribution in [0.1, 0.15) is 45.8 Å². The number of aryl methyl sites for hydroxylation is 4. The molecule has 0 aliphatic rings. The van der Waals surface area contributed by atoms with E-state index < -0.39 is 18.0 Å². The molecule has 2 heterocycles. The number of hydrogen-bond acceptors (Lipinski definition) is 5. The minimum atomic E-state index is -0.939. The second-order valence-corrected chi connectivity index (χ2v) is 5.92. The van der Waals surface area contributed by atoms with Gasteiger partial charge in [0.15, 0.2) is 6.10 Å². The van der Waals surface area contributed by atoms with Crippen molar-refractivity contribution in [3.05, 3.63) is 34.0 Å². The predicted octanol–water partition coefficient (Wildman–Crippen LogP) is 2.74. The Bertz CT molecular complexity index is 801. The Morgan fingerprint density at radius 1 is 1.17 bits per heavy atom. The number of nitrogens with one attached hydrogen (secondary N) is 1. The number of aromatic nitrogens is 2. The minimum Gasteiger partial charge on any atom is -0.465 e. The summed E-state index contributed by atoms with van der Waals surface area (Å²) in [4.78, 5) is 24.6. The number of carbonyl (C=O) groups is 2. The van der Waals surface area contributed by atoms with Crippen molar-refractivity contribution in [1.82, 2.24) is 9.78 Å². The van der Waals surface area contributed by atoms with Crippen molar-refractivity contribution in [2.45, 2.75) is 47.6 Å². The van der Waals surface area contributed by atoms with E-state index in [9.17, 15) is 9.59 Å². The molecule has 0 spiro atoms. The van der Waals surface area contributed by atoms with Gasteiger partial charge < -0.3 is 14.5 Å². The summed E-state index contributed by atoms with van der Waals surface area (Å²) in [6, 6.07) is 0. The standard InChI is InChI=1S/C17H23N3O4/c1-8-11(4)23-12(5)14(8)17(22)24-13(6)16(21)18-15-9(2)19-20(7)10(15)3/h13H,1-7H3,(H,18,21). The number of carbonyl (C=O) groups excluding carboxylic acids is 2. The number of hydrogen-bond donors (Lipinski definition) is 1. The van der Waals surface area contributed by atoms with Gasteiger partial charge >= 0.3 is 5.97 Å². The maximum atomic E-state index is 12.3. The van der Waals surface area contributed by atoms with Gasteiger partial charge in [-0.15, -0.1) is 0 Å². The van der Waals surface area contributed by atoms with Gasteiger partial charge in [-0.1, -0.05) is 0 Å². The Morgan fingerprint density at radius 3 is 2.25 bits per heavy atom. The van der Waals surface area contributed by atoms with Crippen LogP contribution < -0.4 is 5.32 Å². The zero-order chi connectivity index (χ0) is 18.2. The molecule has 7 nitrogen and oxygen atoms in total. The Hall–Kier alpha value is -2.57. The van der Waals surface area contributed by atoms with E-state index in [0.29, 0.717) is 28.5 Å². The van der Waals surface area contributed by atoms with E-state index in [0.717, 1.165) is 11.3 Å². The topological polar surface area (TPSA) is 86.4 Å². The van der Waals surface area contributed by atoms with Crippen LogP contribution in [0.4, 0.5) is 5.69 Å². The molecule has 0 aromatic carbocycles. The zero-order valence-electron chi connectivity index (χ0n) is 15.1. The second-order valence-electron chi connectivity index (χ2n) is 5.92. The van der Waals surface area contributed by atoms with E-state index in [1.807, 2.05) is 6.92 Å². The number of anilines is 1. The molecule has 2 rings (SSSR count). The first kappa shape index (κ1) is 17.8. The molecule has 0 saturated heterocycles. The fraction of sp³-hybridized carbons (Fsp3) is 0.471. The SMILES string of the molecule is Cc1nn(C)c(C)c1NC(=O)C(C)OC(=O)c1c(C)oc(C)c1C. The van der Waals surface area contributed by atoms with Crippen LogP contribution in [0.2, 0.25) is 0 Å². The summed E-state index contributed by atoms with van der Waals surface area (Å²) in [6.45, 7) is 10.5. The molecule has 130 valence electrons. The van der Waals surface area contributed by atoms with Crippen LogP contribution in [0.25, 0.3) is 0 Å². The molecule has 0 bridgehead atoms. The maximum absolute atomic E-state index is 12.3. The first-order valence-corrected chi connectivity index (χ1v) is 7.72. The van der Waals surface area contributed by atoms with Crippen molar-refractivity contribution in [3.63, 3.8) is 0 Å². The third-order valence-corrected chi connectivity index (χ3v) is 4.18. The first-order chi connectivity index (χ1) is 11.1. The Labute approximate surface area is 141 Å². The summed E-state index contributed by atoms with van der Waals surface area (Å²) in [5, 5.41) is 7.01. The summed E-state index contributed by atoms with van der Waals surface area (Å²) in [6.07, 6.45) is -0.939. The lowest BCUT2D eigenvalue weighted by atomic mass is 10.1. The normalized spacial score (nSPS) is 12.1. The monoisotopic (exact) mass is 333 g/mol. The van der Waals surface area contributed by atoms with Crippen molar-refractivity contribution < 1.29 is 18.7 Å². The third-order valence-electron chi connectivity index (χ3n) is 4.18. The summed E-state index contributed by atoms with van der Waals surface area (Å²) in [7, 11) is 1.80. The van der Waals surface area contributed by atoms with Gasteiger partial charge in [-0.2, -0.15) is 5.10 Å². The van der Waals surface area contributed by atoms with Gasteiger partial charge in [-0.25, -0.2) is 4.79 Å². The van der Waals surface area contributed by atoms with Gasteiger partial charge in [-0.3, -0.25) is 9.48 Å². The second kappa shape index (κ2) is 6.51. The van der Waals surface area contributed by atoms with E-state index >= 15 is 0 Å². The minimum absolute atomic E-state index is 0.376. The van der Waals surface area contributed by atoms with Gasteiger partial charge in [0.1, 0.15) is 17.1 Å². The number of rotatable bonds is 4. The van der Waals surface area contributed by atoms with Crippen molar-refractivity contribution in [3.8, 4) is 0 Å². The van der Waals surface area contributed by atoms with Gasteiger partial charge in [0.25, 0.3) is 5.91 Å². The van der Waals surface area contributed by atoms with Crippen LogP contribution in [0.15, 0.2) is 4.42 Å². The summed E-state index contributed by atoms with van der Waals surface area (Å²) >= 11 is 0. The lowest BCUT2D eigenvalue weighted by Crippen LogP contribution is -2.30. The van der Waals surface area contributed by atoms with Crippen LogP contribution in [0, 0.1) is 34.6 Å². The third kappa shape index (κ3) is 3.20. The molecule has 2 aromatic rings. The molecule has 24 heavy (non-hydrogen) atoms. The Kier molecular flexibility index (Phi) is 4.82. The molecule has 0 fully saturated rings. The lowest BCUT2D eigenvalue weighted by Gasteiger charge is -2.14. The number of amides is 1. The highest BCUT2D eigenvalue weighted by molar-refractivity contribution is 5.98. The fourth-order valence-electron chi connectivity index (χ4n) is 2.55. The van der Waals surface area contributed by atoms with Crippen LogP contribution in [-0.2, 0) is 16.6 Å². The fourth-order valence-corrected chi connectivity index (χ4v) is 2.55. The van der Waals surface area contributed by atoms with E-state index in [1.165, 1.54) is 6.92 Å². The van der Waals surface area contributed by atoms with Crippen LogP contribution in [0.5, 0.6) is 0 Å². The van der Waals surface area contributed by atoms with Crippen molar-refractivity contribution in [2.24, 2.45) is 7.05 Å². The van der Waals surface area contributed by atoms with Gasteiger partial charge in [0.05, 0.1) is 17.1 Å². The Balaban J connectivity index is 2.10. The molecule has 7 heteroatoms.